The standard InChI is InChI=1S/C16H8F3NO4/c17-16(18,19)9-4-1-3-8(7-9)12-14(21)10-5-2-6-11(20(23)24)13(10)15(12)22/h1-7,12H. The van der Waals surface area contributed by atoms with E-state index in [0.717, 1.165) is 24.3 Å². The quantitative estimate of drug-likeness (QED) is 0.475. The van der Waals surface area contributed by atoms with E-state index in [1.165, 1.54) is 18.2 Å². The van der Waals surface area contributed by atoms with Gasteiger partial charge in [-0.2, -0.15) is 13.2 Å². The first-order chi connectivity index (χ1) is 11.2. The highest BCUT2D eigenvalue weighted by Gasteiger charge is 2.44. The average Bonchev–Trinajstić information content (AvgIpc) is 2.78. The molecule has 0 radical (unpaired) electrons. The molecule has 0 aliphatic heterocycles. The lowest BCUT2D eigenvalue weighted by molar-refractivity contribution is -0.385. The lowest BCUT2D eigenvalue weighted by Gasteiger charge is -2.11. The molecule has 0 amide bonds. The molecule has 0 aromatic heterocycles. The maximum absolute atomic E-state index is 12.8. The Kier molecular flexibility index (Phi) is 3.47. The molecule has 1 aliphatic rings. The number of alkyl halides is 3. The number of fused-ring (bicyclic) bond motifs is 1. The summed E-state index contributed by atoms with van der Waals surface area (Å²) in [5.74, 6) is -3.09. The van der Waals surface area contributed by atoms with Crippen LogP contribution in [0.2, 0.25) is 0 Å². The highest BCUT2D eigenvalue weighted by molar-refractivity contribution is 6.31. The highest BCUT2D eigenvalue weighted by atomic mass is 19.4. The zero-order chi connectivity index (χ0) is 17.6. The molecule has 0 fully saturated rings. The van der Waals surface area contributed by atoms with Crippen molar-refractivity contribution >= 4 is 17.3 Å². The number of hydrogen-bond acceptors (Lipinski definition) is 4. The monoisotopic (exact) mass is 335 g/mol. The molecular formula is C16H8F3NO4. The maximum Gasteiger partial charge on any atom is 0.416 e. The van der Waals surface area contributed by atoms with E-state index in [-0.39, 0.29) is 16.7 Å². The van der Waals surface area contributed by atoms with E-state index in [9.17, 15) is 32.9 Å². The van der Waals surface area contributed by atoms with Crippen molar-refractivity contribution in [3.05, 3.63) is 74.8 Å². The number of nitro groups is 1. The van der Waals surface area contributed by atoms with Crippen LogP contribution in [0.3, 0.4) is 0 Å². The lowest BCUT2D eigenvalue weighted by Crippen LogP contribution is -2.14. The van der Waals surface area contributed by atoms with Crippen molar-refractivity contribution in [2.45, 2.75) is 12.1 Å². The summed E-state index contributed by atoms with van der Waals surface area (Å²) < 4.78 is 38.5. The molecule has 0 heterocycles. The van der Waals surface area contributed by atoms with Crippen molar-refractivity contribution in [2.75, 3.05) is 0 Å². The van der Waals surface area contributed by atoms with E-state index in [1.54, 1.807) is 0 Å². The zero-order valence-corrected chi connectivity index (χ0v) is 11.8. The molecule has 1 atom stereocenters. The molecule has 2 aromatic rings. The summed E-state index contributed by atoms with van der Waals surface area (Å²) in [4.78, 5) is 35.1. The van der Waals surface area contributed by atoms with Crippen molar-refractivity contribution in [2.24, 2.45) is 0 Å². The molecule has 1 unspecified atom stereocenters. The van der Waals surface area contributed by atoms with Gasteiger partial charge >= 0.3 is 6.18 Å². The van der Waals surface area contributed by atoms with E-state index < -0.39 is 39.8 Å². The minimum absolute atomic E-state index is 0.134. The molecule has 0 bridgehead atoms. The zero-order valence-electron chi connectivity index (χ0n) is 11.8. The Morgan fingerprint density at radius 3 is 2.29 bits per heavy atom. The number of hydrogen-bond donors (Lipinski definition) is 0. The third kappa shape index (κ3) is 2.36. The largest absolute Gasteiger partial charge is 0.416 e. The van der Waals surface area contributed by atoms with Crippen LogP contribution in [-0.4, -0.2) is 16.5 Å². The molecule has 0 saturated carbocycles. The van der Waals surface area contributed by atoms with Crippen molar-refractivity contribution in [3.8, 4) is 0 Å². The Morgan fingerprint density at radius 2 is 1.67 bits per heavy atom. The number of carbonyl (C=O) groups excluding carboxylic acids is 2. The second-order valence-corrected chi connectivity index (χ2v) is 5.24. The van der Waals surface area contributed by atoms with Crippen LogP contribution in [0.1, 0.15) is 37.8 Å². The number of rotatable bonds is 2. The second-order valence-electron chi connectivity index (χ2n) is 5.24. The van der Waals surface area contributed by atoms with Gasteiger partial charge < -0.3 is 0 Å². The SMILES string of the molecule is O=C1c2cccc([N+](=O)[O-])c2C(=O)C1c1cccc(C(F)(F)F)c1. The first-order valence-electron chi connectivity index (χ1n) is 6.75. The highest BCUT2D eigenvalue weighted by Crippen LogP contribution is 2.40. The first kappa shape index (κ1) is 15.9. The molecule has 3 rings (SSSR count). The molecule has 2 aromatic carbocycles. The fourth-order valence-electron chi connectivity index (χ4n) is 2.77. The number of nitrogens with zero attached hydrogens (tertiary/aromatic N) is 1. The molecule has 0 saturated heterocycles. The van der Waals surface area contributed by atoms with E-state index >= 15 is 0 Å². The third-order valence-electron chi connectivity index (χ3n) is 3.82. The van der Waals surface area contributed by atoms with Crippen molar-refractivity contribution in [1.29, 1.82) is 0 Å². The number of ketones is 2. The van der Waals surface area contributed by atoms with Gasteiger partial charge in [-0.25, -0.2) is 0 Å². The summed E-state index contributed by atoms with van der Waals surface area (Å²) >= 11 is 0. The third-order valence-corrected chi connectivity index (χ3v) is 3.82. The van der Waals surface area contributed by atoms with Crippen LogP contribution in [0.25, 0.3) is 0 Å². The molecule has 8 heteroatoms. The van der Waals surface area contributed by atoms with E-state index in [0.29, 0.717) is 0 Å². The first-order valence-corrected chi connectivity index (χ1v) is 6.75. The van der Waals surface area contributed by atoms with Gasteiger partial charge in [0.25, 0.3) is 5.69 Å². The fraction of sp³-hybridized carbons (Fsp3) is 0.125. The Hall–Kier alpha value is -3.03. The van der Waals surface area contributed by atoms with Gasteiger partial charge in [0.15, 0.2) is 11.6 Å². The topological polar surface area (TPSA) is 77.3 Å². The molecule has 1 aliphatic carbocycles. The van der Waals surface area contributed by atoms with Crippen molar-refractivity contribution in [3.63, 3.8) is 0 Å². The molecular weight excluding hydrogens is 327 g/mol. The maximum atomic E-state index is 12.8. The number of nitro benzene ring substituents is 1. The summed E-state index contributed by atoms with van der Waals surface area (Å²) in [6.07, 6.45) is -4.63. The van der Waals surface area contributed by atoms with E-state index in [2.05, 4.69) is 0 Å². The minimum atomic E-state index is -4.63. The molecule has 5 nitrogen and oxygen atoms in total. The molecule has 0 spiro atoms. The predicted octanol–water partition coefficient (Wildman–Crippen LogP) is 3.78. The summed E-state index contributed by atoms with van der Waals surface area (Å²) in [6.45, 7) is 0. The molecule has 24 heavy (non-hydrogen) atoms. The van der Waals surface area contributed by atoms with E-state index in [1.807, 2.05) is 0 Å². The number of halogens is 3. The van der Waals surface area contributed by atoms with Crippen LogP contribution in [0.5, 0.6) is 0 Å². The number of benzene rings is 2. The Morgan fingerprint density at radius 1 is 1.00 bits per heavy atom. The average molecular weight is 335 g/mol. The number of carbonyl (C=O) groups is 2. The predicted molar refractivity (Wildman–Crippen MR) is 75.9 cm³/mol. The van der Waals surface area contributed by atoms with Crippen molar-refractivity contribution in [1.82, 2.24) is 0 Å². The van der Waals surface area contributed by atoms with Crippen LogP contribution in [0.4, 0.5) is 18.9 Å². The Bertz CT molecular complexity index is 889. The smallest absolute Gasteiger partial charge is 0.293 e. The van der Waals surface area contributed by atoms with Gasteiger partial charge in [0, 0.05) is 11.6 Å². The summed E-state index contributed by atoms with van der Waals surface area (Å²) in [5, 5.41) is 11.0. The van der Waals surface area contributed by atoms with Gasteiger partial charge in [0.2, 0.25) is 0 Å². The van der Waals surface area contributed by atoms with Crippen LogP contribution < -0.4 is 0 Å². The summed E-state index contributed by atoms with van der Waals surface area (Å²) in [7, 11) is 0. The van der Waals surface area contributed by atoms with Gasteiger partial charge in [0.1, 0.15) is 11.5 Å². The molecule has 122 valence electrons. The van der Waals surface area contributed by atoms with Gasteiger partial charge in [-0.3, -0.25) is 19.7 Å². The van der Waals surface area contributed by atoms with E-state index in [4.69, 9.17) is 0 Å². The van der Waals surface area contributed by atoms with Crippen LogP contribution >= 0.6 is 0 Å². The van der Waals surface area contributed by atoms with Gasteiger partial charge in [-0.15, -0.1) is 0 Å². The Balaban J connectivity index is 2.13. The van der Waals surface area contributed by atoms with Gasteiger partial charge in [0.05, 0.1) is 10.5 Å². The molecule has 0 N–H and O–H groups in total. The Labute approximate surface area is 132 Å². The van der Waals surface area contributed by atoms with Crippen molar-refractivity contribution < 1.29 is 27.7 Å². The van der Waals surface area contributed by atoms with Gasteiger partial charge in [-0.05, 0) is 11.6 Å². The van der Waals surface area contributed by atoms with Gasteiger partial charge in [-0.1, -0.05) is 30.3 Å². The summed E-state index contributed by atoms with van der Waals surface area (Å²) in [6, 6.07) is 7.47. The fourth-order valence-corrected chi connectivity index (χ4v) is 2.77. The summed E-state index contributed by atoms with van der Waals surface area (Å²) in [5.41, 5.74) is -2.15. The van der Waals surface area contributed by atoms with Crippen LogP contribution in [0, 0.1) is 10.1 Å². The van der Waals surface area contributed by atoms with Crippen LogP contribution in [-0.2, 0) is 6.18 Å². The second kappa shape index (κ2) is 5.26. The van der Waals surface area contributed by atoms with Crippen LogP contribution in [0.15, 0.2) is 42.5 Å². The number of Topliss-reactive ketones (excluding diaryl/α,β-unsaturated/α-hetero) is 2. The normalized spacial score (nSPS) is 17.0. The minimum Gasteiger partial charge on any atom is -0.293 e. The lowest BCUT2D eigenvalue weighted by atomic mass is 9.93.